The molecule has 0 radical (unpaired) electrons. The molecule has 42 valence electrons. The Balaban J connectivity index is -0.0000000720. The minimum Gasteiger partial charge on any atom is -0.193 e. The van der Waals surface area contributed by atoms with Gasteiger partial charge in [-0.2, -0.15) is 5.26 Å². The second kappa shape index (κ2) is 17.2. The highest BCUT2D eigenvalue weighted by Crippen LogP contribution is 1.52. The molecule has 0 fully saturated rings. The van der Waals surface area contributed by atoms with Crippen LogP contribution in [0.25, 0.3) is 0 Å². The number of allylic oxidation sites excluding steroid dienone is 3. The number of hydrogen-bond acceptors (Lipinski definition) is 1. The lowest BCUT2D eigenvalue weighted by molar-refractivity contribution is 1.54. The molecular formula is C7H10N+. The first-order valence-corrected chi connectivity index (χ1v) is 2.07. The fourth-order valence-corrected chi connectivity index (χ4v) is 0. The molecule has 1 nitrogen and oxygen atoms in total. The van der Waals surface area contributed by atoms with Gasteiger partial charge < -0.3 is 0 Å². The van der Waals surface area contributed by atoms with Crippen LogP contribution in [-0.2, 0) is 0 Å². The number of nitriles is 1. The third kappa shape index (κ3) is 129. The van der Waals surface area contributed by atoms with Gasteiger partial charge in [-0.15, -0.1) is 0 Å². The van der Waals surface area contributed by atoms with Crippen molar-refractivity contribution in [1.29, 1.82) is 5.26 Å². The number of hydrogen-bond donors (Lipinski definition) is 0. The highest BCUT2D eigenvalue weighted by Gasteiger charge is 1.34. The second-order valence-corrected chi connectivity index (χ2v) is 0.805. The summed E-state index contributed by atoms with van der Waals surface area (Å²) >= 11 is 0. The summed E-state index contributed by atoms with van der Waals surface area (Å²) in [5.41, 5.74) is 0. The van der Waals surface area contributed by atoms with E-state index in [0.717, 1.165) is 0 Å². The maximum Gasteiger partial charge on any atom is 1.00 e. The Morgan fingerprint density at radius 2 is 1.50 bits per heavy atom. The van der Waals surface area contributed by atoms with Crippen LogP contribution < -0.4 is 0 Å². The van der Waals surface area contributed by atoms with Crippen molar-refractivity contribution in [3.05, 3.63) is 38.0 Å². The van der Waals surface area contributed by atoms with Gasteiger partial charge in [-0.05, 0) is 0 Å². The van der Waals surface area contributed by atoms with E-state index in [2.05, 4.69) is 19.7 Å². The molecule has 0 bridgehead atoms. The summed E-state index contributed by atoms with van der Waals surface area (Å²) in [4.78, 5) is 0. The van der Waals surface area contributed by atoms with Crippen LogP contribution in [0.2, 0.25) is 0 Å². The molecule has 0 unspecified atom stereocenters. The fraction of sp³-hybridized carbons (Fsp3) is 0. The van der Waals surface area contributed by atoms with E-state index in [1.165, 1.54) is 6.08 Å². The Kier molecular flexibility index (Phi) is 21.3. The summed E-state index contributed by atoms with van der Waals surface area (Å²) in [6.45, 7) is 9.84. The first-order chi connectivity index (χ1) is 3.83. The van der Waals surface area contributed by atoms with Gasteiger partial charge in [0.05, 0.1) is 6.07 Å². The molecule has 0 spiro atoms. The third-order valence-corrected chi connectivity index (χ3v) is 0.258. The molecule has 0 aromatic carbocycles. The van der Waals surface area contributed by atoms with Gasteiger partial charge >= 0.3 is 1.43 Å². The summed E-state index contributed by atoms with van der Waals surface area (Å²) in [5, 5.41) is 7.51. The fourth-order valence-electron chi connectivity index (χ4n) is 0. The second-order valence-electron chi connectivity index (χ2n) is 0.805. The van der Waals surface area contributed by atoms with E-state index in [4.69, 9.17) is 5.26 Å². The van der Waals surface area contributed by atoms with E-state index < -0.39 is 0 Å². The standard InChI is InChI=1S/C4H6.C3H3N/c1-3-4-2;1-2-3-4/h3-4H,1-2H2;2H,1H2/p+1. The van der Waals surface area contributed by atoms with Gasteiger partial charge in [0.25, 0.3) is 0 Å². The van der Waals surface area contributed by atoms with Gasteiger partial charge in [0.2, 0.25) is 0 Å². The topological polar surface area (TPSA) is 23.8 Å². The van der Waals surface area contributed by atoms with E-state index in [1.807, 2.05) is 0 Å². The maximum absolute atomic E-state index is 7.51. The van der Waals surface area contributed by atoms with Crippen molar-refractivity contribution in [2.45, 2.75) is 0 Å². The lowest BCUT2D eigenvalue weighted by atomic mass is 10.6. The largest absolute Gasteiger partial charge is 1.00 e. The molecule has 0 saturated heterocycles. The van der Waals surface area contributed by atoms with Crippen molar-refractivity contribution in [1.82, 2.24) is 0 Å². The van der Waals surface area contributed by atoms with Crippen molar-refractivity contribution in [2.24, 2.45) is 0 Å². The lowest BCUT2D eigenvalue weighted by Crippen LogP contribution is -1.23. The van der Waals surface area contributed by atoms with Crippen LogP contribution in [0.3, 0.4) is 0 Å². The van der Waals surface area contributed by atoms with Crippen molar-refractivity contribution in [3.8, 4) is 6.07 Å². The minimum absolute atomic E-state index is 0. The Morgan fingerprint density at radius 1 is 1.25 bits per heavy atom. The van der Waals surface area contributed by atoms with Crippen LogP contribution in [0.15, 0.2) is 38.0 Å². The van der Waals surface area contributed by atoms with E-state index >= 15 is 0 Å². The average molecular weight is 108 g/mol. The quantitative estimate of drug-likeness (QED) is 0.373. The molecule has 0 atom stereocenters. The highest BCUT2D eigenvalue weighted by atomic mass is 14.2. The SMILES string of the molecule is C=CC#N.C=CC=C.[H+]. The third-order valence-electron chi connectivity index (χ3n) is 0.258. The van der Waals surface area contributed by atoms with Crippen LogP contribution in [0.1, 0.15) is 1.43 Å². The number of nitrogens with zero attached hydrogens (tertiary/aromatic N) is 1. The van der Waals surface area contributed by atoms with E-state index in [9.17, 15) is 0 Å². The zero-order valence-corrected chi connectivity index (χ0v) is 4.80. The van der Waals surface area contributed by atoms with E-state index in [0.29, 0.717) is 0 Å². The Labute approximate surface area is 51.7 Å². The first kappa shape index (κ1) is 9.86. The monoisotopic (exact) mass is 108 g/mol. The lowest BCUT2D eigenvalue weighted by Gasteiger charge is -1.44. The molecule has 0 aliphatic carbocycles. The average Bonchev–Trinajstić information content (AvgIpc) is 1.88. The normalized spacial score (nSPS) is 4.38. The van der Waals surface area contributed by atoms with E-state index in [1.54, 1.807) is 18.2 Å². The molecule has 0 aliphatic heterocycles. The molecule has 0 aliphatic rings. The molecule has 0 aromatic heterocycles. The molecule has 8 heavy (non-hydrogen) atoms. The van der Waals surface area contributed by atoms with Crippen molar-refractivity contribution < 1.29 is 1.43 Å². The van der Waals surface area contributed by atoms with Crippen LogP contribution in [-0.4, -0.2) is 0 Å². The predicted octanol–water partition coefficient (Wildman–Crippen LogP) is 2.17. The molecule has 1 heteroatoms. The minimum atomic E-state index is 0. The summed E-state index contributed by atoms with van der Waals surface area (Å²) in [6, 6.07) is 1.69. The molecule has 0 amide bonds. The Bertz CT molecular complexity index is 105. The van der Waals surface area contributed by atoms with Gasteiger partial charge in [0.15, 0.2) is 0 Å². The predicted molar refractivity (Wildman–Crippen MR) is 37.3 cm³/mol. The zero-order valence-electron chi connectivity index (χ0n) is 5.80. The molecule has 0 heterocycles. The first-order valence-electron chi connectivity index (χ1n) is 2.07. The molecule has 0 saturated carbocycles. The molecule has 0 N–H and O–H groups in total. The van der Waals surface area contributed by atoms with Crippen molar-refractivity contribution in [3.63, 3.8) is 0 Å². The summed E-state index contributed by atoms with van der Waals surface area (Å²) < 4.78 is 0. The van der Waals surface area contributed by atoms with Crippen LogP contribution >= 0.6 is 0 Å². The summed E-state index contributed by atoms with van der Waals surface area (Å²) in [6.07, 6.45) is 4.46. The van der Waals surface area contributed by atoms with Gasteiger partial charge in [-0.25, -0.2) is 0 Å². The van der Waals surface area contributed by atoms with Gasteiger partial charge in [-0.1, -0.05) is 31.9 Å². The highest BCUT2D eigenvalue weighted by molar-refractivity contribution is 4.93. The Morgan fingerprint density at radius 3 is 1.50 bits per heavy atom. The van der Waals surface area contributed by atoms with Gasteiger partial charge in [0.1, 0.15) is 0 Å². The van der Waals surface area contributed by atoms with Gasteiger partial charge in [-0.3, -0.25) is 0 Å². The van der Waals surface area contributed by atoms with Crippen LogP contribution in [0.5, 0.6) is 0 Å². The van der Waals surface area contributed by atoms with Gasteiger partial charge in [0, 0.05) is 6.08 Å². The smallest absolute Gasteiger partial charge is 0.193 e. The zero-order chi connectivity index (χ0) is 6.83. The summed E-state index contributed by atoms with van der Waals surface area (Å²) in [5.74, 6) is 0. The van der Waals surface area contributed by atoms with Crippen molar-refractivity contribution >= 4 is 0 Å². The molecule has 0 aromatic rings. The molecule has 0 rings (SSSR count). The summed E-state index contributed by atoms with van der Waals surface area (Å²) in [7, 11) is 0. The van der Waals surface area contributed by atoms with Crippen LogP contribution in [0, 0.1) is 11.3 Å². The van der Waals surface area contributed by atoms with Crippen molar-refractivity contribution in [2.75, 3.05) is 0 Å². The van der Waals surface area contributed by atoms with E-state index in [-0.39, 0.29) is 1.43 Å². The van der Waals surface area contributed by atoms with Crippen LogP contribution in [0.4, 0.5) is 0 Å². The molecular weight excluding hydrogens is 98.1 g/mol. The Hall–Kier alpha value is -1.29. The maximum atomic E-state index is 7.51. The number of rotatable bonds is 1.